The van der Waals surface area contributed by atoms with Gasteiger partial charge in [-0.2, -0.15) is 20.3 Å². The van der Waals surface area contributed by atoms with Gasteiger partial charge in [-0.3, -0.25) is 9.80 Å². The number of nitriles is 1. The molecule has 3 aromatic heterocycles. The fraction of sp³-hybridized carbons (Fsp3) is 0.320. The van der Waals surface area contributed by atoms with Gasteiger partial charge in [0, 0.05) is 31.9 Å². The predicted molar refractivity (Wildman–Crippen MR) is 129 cm³/mol. The summed E-state index contributed by atoms with van der Waals surface area (Å²) < 4.78 is 1.68. The second-order valence-electron chi connectivity index (χ2n) is 9.23. The quantitative estimate of drug-likeness (QED) is 0.477. The Hall–Kier alpha value is -4.23. The van der Waals surface area contributed by atoms with E-state index in [2.05, 4.69) is 38.4 Å². The van der Waals surface area contributed by atoms with Crippen LogP contribution in [-0.2, 0) is 6.54 Å². The lowest BCUT2D eigenvalue weighted by Gasteiger charge is -2.41. The van der Waals surface area contributed by atoms with Crippen LogP contribution in [0.4, 0.5) is 0 Å². The Morgan fingerprint density at radius 3 is 2.66 bits per heavy atom. The standard InChI is InChI=1S/C25H25N9O/c1-31-15-19-6-7-20(16-31)33(19)34-23(8-10-28-34)22-12-24-29-21(9-11-32(24)30-22)25(35)27-14-18-4-2-17(13-26)3-5-18/h2-5,8-12,19-20H,6-7,14-16H2,1H3,(H,27,35). The van der Waals surface area contributed by atoms with Crippen molar-refractivity contribution in [2.24, 2.45) is 0 Å². The van der Waals surface area contributed by atoms with E-state index in [1.807, 2.05) is 35.3 Å². The number of amides is 1. The maximum atomic E-state index is 12.7. The first-order chi connectivity index (χ1) is 17.1. The van der Waals surface area contributed by atoms with Crippen LogP contribution in [0.15, 0.2) is 54.9 Å². The molecule has 0 radical (unpaired) electrons. The van der Waals surface area contributed by atoms with Crippen molar-refractivity contribution >= 4 is 11.6 Å². The SMILES string of the molecule is CN1CC2CCC(C1)N2n1nccc1-c1cc2nc(C(=O)NCc3ccc(C#N)cc3)ccn2n1. The van der Waals surface area contributed by atoms with Gasteiger partial charge in [0.1, 0.15) is 17.1 Å². The van der Waals surface area contributed by atoms with Crippen LogP contribution in [0.25, 0.3) is 17.0 Å². The number of carbonyl (C=O) groups is 1. The molecule has 1 N–H and O–H groups in total. The van der Waals surface area contributed by atoms with E-state index in [0.29, 0.717) is 35.5 Å². The third-order valence-corrected chi connectivity index (χ3v) is 6.82. The van der Waals surface area contributed by atoms with Gasteiger partial charge in [0.2, 0.25) is 0 Å². The number of piperazine rings is 1. The third-order valence-electron chi connectivity index (χ3n) is 6.82. The predicted octanol–water partition coefficient (Wildman–Crippen LogP) is 1.81. The Bertz CT molecular complexity index is 1420. The number of likely N-dealkylation sites (N-methyl/N-ethyl adjacent to an activating group) is 1. The number of carbonyl (C=O) groups excluding carboxylic acids is 1. The second kappa shape index (κ2) is 8.52. The molecule has 0 aliphatic carbocycles. The lowest BCUT2D eigenvalue weighted by Crippen LogP contribution is -2.57. The monoisotopic (exact) mass is 467 g/mol. The first-order valence-electron chi connectivity index (χ1n) is 11.7. The lowest BCUT2D eigenvalue weighted by molar-refractivity contribution is 0.0946. The first kappa shape index (κ1) is 21.3. The zero-order valence-electron chi connectivity index (χ0n) is 19.4. The summed E-state index contributed by atoms with van der Waals surface area (Å²) in [6, 6.07) is 15.6. The molecule has 2 saturated heterocycles. The van der Waals surface area contributed by atoms with Crippen molar-refractivity contribution < 1.29 is 4.79 Å². The molecule has 2 aliphatic heterocycles. The number of nitrogens with one attached hydrogen (secondary N) is 1. The first-order valence-corrected chi connectivity index (χ1v) is 11.7. The molecule has 2 atom stereocenters. The molecular formula is C25H25N9O. The highest BCUT2D eigenvalue weighted by molar-refractivity contribution is 5.92. The molecule has 2 bridgehead atoms. The van der Waals surface area contributed by atoms with Crippen molar-refractivity contribution in [3.05, 3.63) is 71.7 Å². The summed E-state index contributed by atoms with van der Waals surface area (Å²) in [6.45, 7) is 2.42. The van der Waals surface area contributed by atoms with E-state index in [1.54, 1.807) is 28.9 Å². The fourth-order valence-corrected chi connectivity index (χ4v) is 5.17. The Morgan fingerprint density at radius 1 is 1.14 bits per heavy atom. The highest BCUT2D eigenvalue weighted by Gasteiger charge is 2.40. The number of nitrogens with zero attached hydrogens (tertiary/aromatic N) is 8. The second-order valence-corrected chi connectivity index (χ2v) is 9.23. The number of rotatable bonds is 5. The van der Waals surface area contributed by atoms with Gasteiger partial charge in [-0.05, 0) is 49.7 Å². The van der Waals surface area contributed by atoms with Crippen molar-refractivity contribution in [3.8, 4) is 17.5 Å². The Labute approximate surface area is 202 Å². The van der Waals surface area contributed by atoms with Crippen molar-refractivity contribution in [1.82, 2.24) is 34.7 Å². The molecule has 10 nitrogen and oxygen atoms in total. The molecule has 10 heteroatoms. The molecule has 2 unspecified atom stereocenters. The van der Waals surface area contributed by atoms with E-state index in [0.717, 1.165) is 30.0 Å². The summed E-state index contributed by atoms with van der Waals surface area (Å²) in [6.07, 6.45) is 5.90. The van der Waals surface area contributed by atoms with Gasteiger partial charge >= 0.3 is 0 Å². The minimum atomic E-state index is -0.265. The minimum absolute atomic E-state index is 0.265. The van der Waals surface area contributed by atoms with Gasteiger partial charge < -0.3 is 10.2 Å². The number of aromatic nitrogens is 5. The van der Waals surface area contributed by atoms with Gasteiger partial charge in [0.25, 0.3) is 5.91 Å². The Kier molecular flexibility index (Phi) is 5.19. The molecule has 35 heavy (non-hydrogen) atoms. The Morgan fingerprint density at radius 2 is 1.91 bits per heavy atom. The molecule has 5 heterocycles. The van der Waals surface area contributed by atoms with E-state index < -0.39 is 0 Å². The van der Waals surface area contributed by atoms with Crippen molar-refractivity contribution in [1.29, 1.82) is 5.26 Å². The average Bonchev–Trinajstić information content (AvgIpc) is 3.57. The molecule has 6 rings (SSSR count). The van der Waals surface area contributed by atoms with E-state index >= 15 is 0 Å². The van der Waals surface area contributed by atoms with Crippen LogP contribution in [0, 0.1) is 11.3 Å². The van der Waals surface area contributed by atoms with Gasteiger partial charge in [-0.25, -0.2) is 9.50 Å². The minimum Gasteiger partial charge on any atom is -0.347 e. The molecule has 1 amide bonds. The molecule has 2 aliphatic rings. The van der Waals surface area contributed by atoms with Crippen molar-refractivity contribution in [2.75, 3.05) is 25.1 Å². The average molecular weight is 468 g/mol. The highest BCUT2D eigenvalue weighted by atomic mass is 16.1. The van der Waals surface area contributed by atoms with Crippen LogP contribution in [0.3, 0.4) is 0 Å². The van der Waals surface area contributed by atoms with Crippen LogP contribution in [0.5, 0.6) is 0 Å². The van der Waals surface area contributed by atoms with Crippen molar-refractivity contribution in [2.45, 2.75) is 31.5 Å². The van der Waals surface area contributed by atoms with Crippen LogP contribution in [0.1, 0.15) is 34.5 Å². The molecule has 2 fully saturated rings. The summed E-state index contributed by atoms with van der Waals surface area (Å²) in [4.78, 5) is 21.6. The largest absolute Gasteiger partial charge is 0.347 e. The molecule has 1 aromatic carbocycles. The number of fused-ring (bicyclic) bond motifs is 3. The number of likely N-dealkylation sites (tertiary alicyclic amines) is 1. The van der Waals surface area contributed by atoms with E-state index in [4.69, 9.17) is 10.4 Å². The maximum absolute atomic E-state index is 12.7. The fourth-order valence-electron chi connectivity index (χ4n) is 5.17. The topological polar surface area (TPSA) is 107 Å². The summed E-state index contributed by atoms with van der Waals surface area (Å²) >= 11 is 0. The maximum Gasteiger partial charge on any atom is 0.270 e. The summed E-state index contributed by atoms with van der Waals surface area (Å²) in [5, 5.41) is 23.5. The summed E-state index contributed by atoms with van der Waals surface area (Å²) in [5.41, 5.74) is 4.11. The molecular weight excluding hydrogens is 442 g/mol. The zero-order valence-corrected chi connectivity index (χ0v) is 19.4. The number of hydrogen-bond acceptors (Lipinski definition) is 7. The van der Waals surface area contributed by atoms with Gasteiger partial charge in [-0.15, -0.1) is 0 Å². The smallest absolute Gasteiger partial charge is 0.270 e. The Balaban J connectivity index is 1.22. The molecule has 176 valence electrons. The number of benzene rings is 1. The van der Waals surface area contributed by atoms with E-state index in [9.17, 15) is 4.79 Å². The third kappa shape index (κ3) is 3.90. The zero-order chi connectivity index (χ0) is 23.9. The normalized spacial score (nSPS) is 19.7. The van der Waals surface area contributed by atoms with Crippen molar-refractivity contribution in [3.63, 3.8) is 0 Å². The van der Waals surface area contributed by atoms with Crippen LogP contribution >= 0.6 is 0 Å². The summed E-state index contributed by atoms with van der Waals surface area (Å²) in [7, 11) is 2.18. The highest BCUT2D eigenvalue weighted by Crippen LogP contribution is 2.30. The van der Waals surface area contributed by atoms with Gasteiger partial charge in [0.15, 0.2) is 5.65 Å². The van der Waals surface area contributed by atoms with E-state index in [-0.39, 0.29) is 5.91 Å². The molecule has 0 spiro atoms. The van der Waals surface area contributed by atoms with Gasteiger partial charge in [-0.1, -0.05) is 12.1 Å². The van der Waals surface area contributed by atoms with Crippen LogP contribution < -0.4 is 10.3 Å². The lowest BCUT2D eigenvalue weighted by atomic mass is 10.1. The van der Waals surface area contributed by atoms with Crippen LogP contribution in [0.2, 0.25) is 0 Å². The molecule has 0 saturated carbocycles. The molecule has 4 aromatic rings. The van der Waals surface area contributed by atoms with E-state index in [1.165, 1.54) is 12.8 Å². The van der Waals surface area contributed by atoms with Gasteiger partial charge in [0.05, 0.1) is 29.9 Å². The summed E-state index contributed by atoms with van der Waals surface area (Å²) in [5.74, 6) is -0.265. The number of hydrogen-bond donors (Lipinski definition) is 1. The van der Waals surface area contributed by atoms with Crippen LogP contribution in [-0.4, -0.2) is 67.5 Å².